The summed E-state index contributed by atoms with van der Waals surface area (Å²) in [6, 6.07) is 4.26. The molecular formula is C24H30F4N6O3S. The summed E-state index contributed by atoms with van der Waals surface area (Å²) in [5, 5.41) is 5.99. The lowest BCUT2D eigenvalue weighted by molar-refractivity contribution is -0.189. The number of halogens is 4. The van der Waals surface area contributed by atoms with Crippen molar-refractivity contribution in [1.82, 2.24) is 19.2 Å². The van der Waals surface area contributed by atoms with Crippen molar-refractivity contribution in [3.8, 4) is 0 Å². The van der Waals surface area contributed by atoms with Crippen LogP contribution in [0.3, 0.4) is 0 Å². The fourth-order valence-electron chi connectivity index (χ4n) is 5.02. The Balaban J connectivity index is 1.52. The highest BCUT2D eigenvalue weighted by molar-refractivity contribution is 7.88. The molecule has 0 spiro atoms. The van der Waals surface area contributed by atoms with Crippen LogP contribution in [0.2, 0.25) is 0 Å². The van der Waals surface area contributed by atoms with Crippen LogP contribution in [0.25, 0.3) is 0 Å². The average molecular weight is 559 g/mol. The molecule has 2 aliphatic heterocycles. The van der Waals surface area contributed by atoms with Crippen molar-refractivity contribution in [3.63, 3.8) is 0 Å². The molecule has 2 aromatic rings. The van der Waals surface area contributed by atoms with Gasteiger partial charge in [-0.05, 0) is 48.4 Å². The van der Waals surface area contributed by atoms with Crippen LogP contribution in [0.1, 0.15) is 43.9 Å². The van der Waals surface area contributed by atoms with E-state index in [0.717, 1.165) is 22.9 Å². The molecule has 0 saturated carbocycles. The summed E-state index contributed by atoms with van der Waals surface area (Å²) < 4.78 is 79.0. The Labute approximate surface area is 218 Å². The largest absolute Gasteiger partial charge is 0.471 e. The smallest absolute Gasteiger partial charge is 0.365 e. The minimum atomic E-state index is -4.97. The number of benzene rings is 1. The van der Waals surface area contributed by atoms with Crippen LogP contribution >= 0.6 is 0 Å². The SMILES string of the molecule is CC(C)C1c2cc(Nc3ncc(F)c(NC4CCN(S(C)(=O)=O)CC4)n3)ccc2CCN1C(=O)C(F)(F)F. The van der Waals surface area contributed by atoms with E-state index in [4.69, 9.17) is 0 Å². The van der Waals surface area contributed by atoms with E-state index in [1.54, 1.807) is 32.0 Å². The lowest BCUT2D eigenvalue weighted by Gasteiger charge is -2.40. The number of hydrogen-bond acceptors (Lipinski definition) is 7. The van der Waals surface area contributed by atoms with Gasteiger partial charge in [0.25, 0.3) is 0 Å². The number of rotatable bonds is 6. The van der Waals surface area contributed by atoms with E-state index in [2.05, 4.69) is 20.6 Å². The van der Waals surface area contributed by atoms with Gasteiger partial charge in [-0.25, -0.2) is 22.1 Å². The Morgan fingerprint density at radius 3 is 2.45 bits per heavy atom. The summed E-state index contributed by atoms with van der Waals surface area (Å²) in [6.45, 7) is 4.12. The lowest BCUT2D eigenvalue weighted by Crippen LogP contribution is -2.48. The first-order valence-electron chi connectivity index (χ1n) is 12.3. The molecule has 38 heavy (non-hydrogen) atoms. The summed E-state index contributed by atoms with van der Waals surface area (Å²) in [5.74, 6) is -2.78. The average Bonchev–Trinajstić information content (AvgIpc) is 2.84. The Morgan fingerprint density at radius 1 is 1.16 bits per heavy atom. The fraction of sp³-hybridized carbons (Fsp3) is 0.542. The molecule has 9 nitrogen and oxygen atoms in total. The number of alkyl halides is 3. The third-order valence-electron chi connectivity index (χ3n) is 6.82. The number of nitrogens with one attached hydrogen (secondary N) is 2. The molecule has 0 radical (unpaired) electrons. The van der Waals surface area contributed by atoms with E-state index < -0.39 is 34.0 Å². The molecule has 0 bridgehead atoms. The number of aromatic nitrogens is 2. The molecule has 208 valence electrons. The van der Waals surface area contributed by atoms with Gasteiger partial charge in [-0.3, -0.25) is 4.79 Å². The van der Waals surface area contributed by atoms with Gasteiger partial charge < -0.3 is 15.5 Å². The number of hydrogen-bond donors (Lipinski definition) is 2. The molecule has 1 atom stereocenters. The maximum Gasteiger partial charge on any atom is 0.471 e. The van der Waals surface area contributed by atoms with Gasteiger partial charge in [0, 0.05) is 31.4 Å². The van der Waals surface area contributed by atoms with Gasteiger partial charge in [0.15, 0.2) is 11.6 Å². The monoisotopic (exact) mass is 558 g/mol. The molecule has 2 aliphatic rings. The van der Waals surface area contributed by atoms with Gasteiger partial charge in [-0.15, -0.1) is 0 Å². The van der Waals surface area contributed by atoms with Crippen molar-refractivity contribution in [3.05, 3.63) is 41.3 Å². The molecule has 1 amide bonds. The molecule has 14 heteroatoms. The van der Waals surface area contributed by atoms with Crippen molar-refractivity contribution < 1.29 is 30.8 Å². The number of fused-ring (bicyclic) bond motifs is 1. The molecule has 2 N–H and O–H groups in total. The van der Waals surface area contributed by atoms with Gasteiger partial charge in [0.05, 0.1) is 18.5 Å². The molecule has 0 aliphatic carbocycles. The number of carbonyl (C=O) groups is 1. The van der Waals surface area contributed by atoms with Crippen LogP contribution in [0.5, 0.6) is 0 Å². The number of carbonyl (C=O) groups excluding carboxylic acids is 1. The van der Waals surface area contributed by atoms with Crippen LogP contribution in [-0.4, -0.2) is 71.6 Å². The zero-order chi connectivity index (χ0) is 27.8. The van der Waals surface area contributed by atoms with Crippen LogP contribution < -0.4 is 10.6 Å². The van der Waals surface area contributed by atoms with Crippen molar-refractivity contribution in [2.75, 3.05) is 36.5 Å². The van der Waals surface area contributed by atoms with E-state index in [0.29, 0.717) is 43.6 Å². The Morgan fingerprint density at radius 2 is 1.84 bits per heavy atom. The third-order valence-corrected chi connectivity index (χ3v) is 8.12. The highest BCUT2D eigenvalue weighted by Gasteiger charge is 2.46. The minimum absolute atomic E-state index is 0.0276. The van der Waals surface area contributed by atoms with Crippen LogP contribution in [0.4, 0.5) is 35.0 Å². The predicted octanol–water partition coefficient (Wildman–Crippen LogP) is 3.84. The highest BCUT2D eigenvalue weighted by atomic mass is 32.2. The number of sulfonamides is 1. The van der Waals surface area contributed by atoms with Gasteiger partial charge in [-0.2, -0.15) is 18.2 Å². The van der Waals surface area contributed by atoms with Crippen molar-refractivity contribution in [2.24, 2.45) is 5.92 Å². The molecular weight excluding hydrogens is 528 g/mol. The molecule has 1 aromatic heterocycles. The van der Waals surface area contributed by atoms with E-state index in [9.17, 15) is 30.8 Å². The van der Waals surface area contributed by atoms with Crippen molar-refractivity contribution in [1.29, 1.82) is 0 Å². The summed E-state index contributed by atoms with van der Waals surface area (Å²) >= 11 is 0. The quantitative estimate of drug-likeness (QED) is 0.519. The Kier molecular flexibility index (Phi) is 7.84. The van der Waals surface area contributed by atoms with Gasteiger partial charge >= 0.3 is 12.1 Å². The van der Waals surface area contributed by atoms with Gasteiger partial charge in [-0.1, -0.05) is 19.9 Å². The predicted molar refractivity (Wildman–Crippen MR) is 134 cm³/mol. The Hall–Kier alpha value is -3.00. The molecule has 3 heterocycles. The molecule has 1 aromatic carbocycles. The van der Waals surface area contributed by atoms with E-state index >= 15 is 0 Å². The zero-order valence-electron chi connectivity index (χ0n) is 21.2. The standard InChI is InChI=1S/C24H30F4N6O3S/c1-14(2)20-18-12-17(5-4-15(18)6-11-34(20)22(35)24(26,27)28)31-23-29-13-19(25)21(32-23)30-16-7-9-33(10-8-16)38(3,36)37/h4-5,12-14,16,20H,6-11H2,1-3H3,(H2,29,30,31,32). The van der Waals surface area contributed by atoms with Crippen molar-refractivity contribution >= 4 is 33.4 Å². The first-order valence-corrected chi connectivity index (χ1v) is 14.1. The van der Waals surface area contributed by atoms with E-state index in [1.165, 1.54) is 4.31 Å². The van der Waals surface area contributed by atoms with Gasteiger partial charge in [0.2, 0.25) is 16.0 Å². The topological polar surface area (TPSA) is 108 Å². The second-order valence-corrected chi connectivity index (χ2v) is 11.9. The number of nitrogens with zero attached hydrogens (tertiary/aromatic N) is 4. The summed E-state index contributed by atoms with van der Waals surface area (Å²) in [5.41, 5.74) is 1.94. The summed E-state index contributed by atoms with van der Waals surface area (Å²) in [6.07, 6.45) is -1.56. The molecule has 4 rings (SSSR count). The van der Waals surface area contributed by atoms with Crippen LogP contribution in [0.15, 0.2) is 24.4 Å². The first-order chi connectivity index (χ1) is 17.7. The first kappa shape index (κ1) is 28.0. The summed E-state index contributed by atoms with van der Waals surface area (Å²) in [7, 11) is -3.28. The normalized spacial score (nSPS) is 19.4. The second-order valence-electron chi connectivity index (χ2n) is 9.94. The second kappa shape index (κ2) is 10.6. The fourth-order valence-corrected chi connectivity index (χ4v) is 5.89. The van der Waals surface area contributed by atoms with E-state index in [1.807, 2.05) is 0 Å². The van der Waals surface area contributed by atoms with Gasteiger partial charge in [0.1, 0.15) is 0 Å². The number of piperidine rings is 1. The van der Waals surface area contributed by atoms with Crippen LogP contribution in [-0.2, 0) is 21.2 Å². The highest BCUT2D eigenvalue weighted by Crippen LogP contribution is 2.39. The number of anilines is 3. The molecule has 1 fully saturated rings. The molecule has 1 unspecified atom stereocenters. The lowest BCUT2D eigenvalue weighted by atomic mass is 9.85. The van der Waals surface area contributed by atoms with Crippen molar-refractivity contribution in [2.45, 2.75) is 51.4 Å². The molecule has 1 saturated heterocycles. The summed E-state index contributed by atoms with van der Waals surface area (Å²) in [4.78, 5) is 21.2. The van der Waals surface area contributed by atoms with E-state index in [-0.39, 0.29) is 30.3 Å². The van der Waals surface area contributed by atoms with Crippen LogP contribution in [0, 0.1) is 11.7 Å². The maximum atomic E-state index is 14.5. The zero-order valence-corrected chi connectivity index (χ0v) is 22.0. The minimum Gasteiger partial charge on any atom is -0.365 e. The third kappa shape index (κ3) is 6.17. The number of amides is 1. The maximum absolute atomic E-state index is 14.5. The Bertz CT molecular complexity index is 1300.